The number of piperidine rings is 2. The quantitative estimate of drug-likeness (QED) is 0.791. The van der Waals surface area contributed by atoms with Gasteiger partial charge in [-0.15, -0.1) is 0 Å². The molecule has 1 unspecified atom stereocenters. The molecule has 0 aromatic carbocycles. The molecule has 0 aliphatic carbocycles. The van der Waals surface area contributed by atoms with Crippen molar-refractivity contribution >= 4 is 11.8 Å². The second-order valence-electron chi connectivity index (χ2n) is 8.39. The van der Waals surface area contributed by atoms with Crippen LogP contribution < -0.4 is 0 Å². The lowest BCUT2D eigenvalue weighted by Crippen LogP contribution is -2.54. The third-order valence-corrected chi connectivity index (χ3v) is 6.41. The van der Waals surface area contributed by atoms with Gasteiger partial charge in [-0.25, -0.2) is 0 Å². The van der Waals surface area contributed by atoms with Gasteiger partial charge in [0.2, 0.25) is 11.8 Å². The Hall–Kier alpha value is -1.95. The van der Waals surface area contributed by atoms with Crippen molar-refractivity contribution in [2.45, 2.75) is 45.1 Å². The van der Waals surface area contributed by atoms with Crippen molar-refractivity contribution in [3.63, 3.8) is 0 Å². The number of hydrogen-bond acceptors (Lipinski definition) is 4. The summed E-state index contributed by atoms with van der Waals surface area (Å²) in [6.45, 7) is 5.17. The minimum absolute atomic E-state index is 0.0806. The van der Waals surface area contributed by atoms with Crippen LogP contribution in [0.3, 0.4) is 0 Å². The molecule has 6 heteroatoms. The molecule has 1 aromatic rings. The summed E-state index contributed by atoms with van der Waals surface area (Å²) in [4.78, 5) is 35.2. The zero-order valence-electron chi connectivity index (χ0n) is 16.9. The van der Waals surface area contributed by atoms with E-state index in [4.69, 9.17) is 0 Å². The molecule has 3 heterocycles. The molecule has 1 spiro atoms. The van der Waals surface area contributed by atoms with E-state index in [9.17, 15) is 9.59 Å². The summed E-state index contributed by atoms with van der Waals surface area (Å²) < 4.78 is 0. The van der Waals surface area contributed by atoms with Crippen molar-refractivity contribution in [1.82, 2.24) is 19.7 Å². The molecular weight excluding hydrogens is 340 g/mol. The Labute approximate surface area is 162 Å². The number of likely N-dealkylation sites (N-methyl/N-ethyl adjacent to an activating group) is 1. The molecular formula is C21H32N4O2. The van der Waals surface area contributed by atoms with E-state index in [1.54, 1.807) is 6.20 Å². The average molecular weight is 373 g/mol. The molecule has 6 nitrogen and oxygen atoms in total. The van der Waals surface area contributed by atoms with E-state index in [0.717, 1.165) is 51.9 Å². The number of nitrogens with zero attached hydrogens (tertiary/aromatic N) is 4. The summed E-state index contributed by atoms with van der Waals surface area (Å²) in [5.41, 5.74) is 1.35. The van der Waals surface area contributed by atoms with Gasteiger partial charge in [-0.1, -0.05) is 6.07 Å². The molecule has 2 saturated heterocycles. The van der Waals surface area contributed by atoms with Gasteiger partial charge in [-0.05, 0) is 63.7 Å². The van der Waals surface area contributed by atoms with Crippen molar-refractivity contribution in [2.24, 2.45) is 5.41 Å². The summed E-state index contributed by atoms with van der Waals surface area (Å²) in [7, 11) is 3.89. The summed E-state index contributed by atoms with van der Waals surface area (Å²) in [6, 6.07) is 3.92. The van der Waals surface area contributed by atoms with Crippen molar-refractivity contribution in [2.75, 3.05) is 40.3 Å². The number of carbonyl (C=O) groups excluding carboxylic acids is 2. The monoisotopic (exact) mass is 372 g/mol. The van der Waals surface area contributed by atoms with Crippen LogP contribution in [0.2, 0.25) is 0 Å². The second-order valence-corrected chi connectivity index (χ2v) is 8.39. The van der Waals surface area contributed by atoms with Gasteiger partial charge in [0.15, 0.2) is 0 Å². The largest absolute Gasteiger partial charge is 0.342 e. The fourth-order valence-electron chi connectivity index (χ4n) is 4.21. The second kappa shape index (κ2) is 8.38. The van der Waals surface area contributed by atoms with Gasteiger partial charge >= 0.3 is 0 Å². The van der Waals surface area contributed by atoms with Crippen LogP contribution in [-0.4, -0.2) is 77.8 Å². The highest BCUT2D eigenvalue weighted by Gasteiger charge is 2.42. The molecule has 1 aromatic heterocycles. The van der Waals surface area contributed by atoms with Crippen molar-refractivity contribution in [3.8, 4) is 0 Å². The first kappa shape index (κ1) is 19.8. The summed E-state index contributed by atoms with van der Waals surface area (Å²) >= 11 is 0. The Morgan fingerprint density at radius 3 is 2.67 bits per heavy atom. The van der Waals surface area contributed by atoms with Gasteiger partial charge in [0.1, 0.15) is 0 Å². The van der Waals surface area contributed by atoms with Crippen LogP contribution in [0, 0.1) is 5.41 Å². The maximum absolute atomic E-state index is 12.6. The Kier molecular flexibility index (Phi) is 6.15. The van der Waals surface area contributed by atoms with E-state index in [-0.39, 0.29) is 23.3 Å². The van der Waals surface area contributed by atoms with Gasteiger partial charge < -0.3 is 9.80 Å². The van der Waals surface area contributed by atoms with Gasteiger partial charge in [-0.3, -0.25) is 19.5 Å². The first-order valence-corrected chi connectivity index (χ1v) is 10.0. The topological polar surface area (TPSA) is 56.8 Å². The summed E-state index contributed by atoms with van der Waals surface area (Å²) in [5, 5.41) is 0. The zero-order chi connectivity index (χ0) is 19.4. The normalized spacial score (nSPS) is 21.0. The van der Waals surface area contributed by atoms with Gasteiger partial charge in [0.05, 0.1) is 6.04 Å². The minimum Gasteiger partial charge on any atom is -0.342 e. The van der Waals surface area contributed by atoms with Crippen LogP contribution in [0.1, 0.15) is 38.2 Å². The van der Waals surface area contributed by atoms with Crippen molar-refractivity contribution in [1.29, 1.82) is 0 Å². The number of rotatable bonds is 5. The molecule has 2 amide bonds. The molecule has 0 N–H and O–H groups in total. The maximum Gasteiger partial charge on any atom is 0.239 e. The molecule has 1 atom stereocenters. The van der Waals surface area contributed by atoms with E-state index < -0.39 is 0 Å². The Balaban J connectivity index is 1.56. The van der Waals surface area contributed by atoms with Gasteiger partial charge in [0.25, 0.3) is 0 Å². The van der Waals surface area contributed by atoms with Crippen LogP contribution in [-0.2, 0) is 16.0 Å². The fourth-order valence-corrected chi connectivity index (χ4v) is 4.21. The highest BCUT2D eigenvalue weighted by Crippen LogP contribution is 2.40. The first-order chi connectivity index (χ1) is 12.9. The van der Waals surface area contributed by atoms with Gasteiger partial charge in [-0.2, -0.15) is 0 Å². The minimum atomic E-state index is -0.0806. The number of carbonyl (C=O) groups is 2. The first-order valence-electron chi connectivity index (χ1n) is 10.0. The van der Waals surface area contributed by atoms with Crippen LogP contribution in [0.15, 0.2) is 24.5 Å². The number of hydrogen-bond donors (Lipinski definition) is 0. The molecule has 148 valence electrons. The third kappa shape index (κ3) is 4.67. The fraction of sp³-hybridized carbons (Fsp3) is 0.667. The zero-order valence-corrected chi connectivity index (χ0v) is 16.9. The number of amides is 2. The van der Waals surface area contributed by atoms with Crippen LogP contribution >= 0.6 is 0 Å². The molecule has 0 radical (unpaired) electrons. The smallest absolute Gasteiger partial charge is 0.239 e. The lowest BCUT2D eigenvalue weighted by molar-refractivity contribution is -0.144. The number of aromatic nitrogens is 1. The van der Waals surface area contributed by atoms with E-state index in [0.29, 0.717) is 6.42 Å². The molecule has 0 bridgehead atoms. The molecule has 2 aliphatic heterocycles. The predicted molar refractivity (Wildman–Crippen MR) is 105 cm³/mol. The molecule has 2 aliphatic rings. The van der Waals surface area contributed by atoms with Crippen LogP contribution in [0.5, 0.6) is 0 Å². The molecule has 27 heavy (non-hydrogen) atoms. The average Bonchev–Trinajstić information content (AvgIpc) is 2.69. The molecule has 0 saturated carbocycles. The SMILES string of the molecule is CC(C(=O)N1CCC2(CCC(=O)N(CCc3cccnc3)C2)CC1)N(C)C. The lowest BCUT2D eigenvalue weighted by atomic mass is 9.72. The number of pyridine rings is 1. The Morgan fingerprint density at radius 1 is 1.30 bits per heavy atom. The summed E-state index contributed by atoms with van der Waals surface area (Å²) in [5.74, 6) is 0.486. The van der Waals surface area contributed by atoms with E-state index >= 15 is 0 Å². The van der Waals surface area contributed by atoms with Crippen LogP contribution in [0.25, 0.3) is 0 Å². The standard InChI is InChI=1S/C21H32N4O2/c1-17(23(2)3)20(27)24-13-9-21(10-14-24)8-6-19(26)25(16-21)12-7-18-5-4-11-22-15-18/h4-5,11,15,17H,6-10,12-14,16H2,1-3H3. The summed E-state index contributed by atoms with van der Waals surface area (Å²) in [6.07, 6.45) is 8.08. The van der Waals surface area contributed by atoms with Gasteiger partial charge in [0, 0.05) is 45.0 Å². The highest BCUT2D eigenvalue weighted by atomic mass is 16.2. The number of likely N-dealkylation sites (tertiary alicyclic amines) is 2. The van der Waals surface area contributed by atoms with Crippen molar-refractivity contribution in [3.05, 3.63) is 30.1 Å². The molecule has 3 rings (SSSR count). The van der Waals surface area contributed by atoms with Crippen molar-refractivity contribution < 1.29 is 9.59 Å². The highest BCUT2D eigenvalue weighted by molar-refractivity contribution is 5.81. The van der Waals surface area contributed by atoms with Crippen LogP contribution in [0.4, 0.5) is 0 Å². The van der Waals surface area contributed by atoms with E-state index in [1.807, 2.05) is 48.0 Å². The Morgan fingerprint density at radius 2 is 2.04 bits per heavy atom. The maximum atomic E-state index is 12.6. The Bertz CT molecular complexity index is 653. The predicted octanol–water partition coefficient (Wildman–Crippen LogP) is 1.81. The lowest BCUT2D eigenvalue weighted by Gasteiger charge is -2.48. The third-order valence-electron chi connectivity index (χ3n) is 6.41. The van der Waals surface area contributed by atoms with E-state index in [2.05, 4.69) is 11.1 Å². The molecule has 2 fully saturated rings. The van der Waals surface area contributed by atoms with E-state index in [1.165, 1.54) is 5.56 Å².